The minimum atomic E-state index is 0.0264. The van der Waals surface area contributed by atoms with Crippen LogP contribution in [0.3, 0.4) is 0 Å². The van der Waals surface area contributed by atoms with Gasteiger partial charge in [0.15, 0.2) is 0 Å². The summed E-state index contributed by atoms with van der Waals surface area (Å²) < 4.78 is 4.78. The fraction of sp³-hybridized carbons (Fsp3) is 0.286. The van der Waals surface area contributed by atoms with E-state index in [0.29, 0.717) is 5.56 Å². The molecule has 1 rings (SSSR count). The molecule has 0 aliphatic heterocycles. The number of nitrogens with zero attached hydrogens (tertiary/aromatic N) is 1. The number of hydrogen-bond acceptors (Lipinski definition) is 3. The van der Waals surface area contributed by atoms with Crippen molar-refractivity contribution in [1.29, 1.82) is 0 Å². The molecule has 4 heteroatoms. The minimum absolute atomic E-state index is 0.0264. The molecule has 0 aromatic carbocycles. The van der Waals surface area contributed by atoms with Crippen LogP contribution in [0.25, 0.3) is 0 Å². The first-order valence-corrected chi connectivity index (χ1v) is 3.42. The summed E-state index contributed by atoms with van der Waals surface area (Å²) in [7, 11) is 1.45. The molecular weight excluding hydrogens is 166 g/mol. The Hall–Kier alpha value is -0.960. The molecule has 0 unspecified atom stereocenters. The van der Waals surface area contributed by atoms with Crippen LogP contribution in [0.1, 0.15) is 5.56 Å². The Labute approximate surface area is 69.6 Å². The van der Waals surface area contributed by atoms with E-state index in [1.165, 1.54) is 13.3 Å². The summed E-state index contributed by atoms with van der Waals surface area (Å²) in [6.07, 6.45) is 1.50. The Bertz CT molecular complexity index is 275. The van der Waals surface area contributed by atoms with E-state index in [-0.39, 0.29) is 16.7 Å². The fourth-order valence-corrected chi connectivity index (χ4v) is 0.965. The number of hydrogen-bond donors (Lipinski definition) is 1. The van der Waals surface area contributed by atoms with Gasteiger partial charge in [-0.15, -0.1) is 0 Å². The maximum absolute atomic E-state index is 9.27. The van der Waals surface area contributed by atoms with Crippen molar-refractivity contribution in [1.82, 2.24) is 4.98 Å². The zero-order valence-corrected chi connectivity index (χ0v) is 7.01. The molecule has 0 aliphatic carbocycles. The summed E-state index contributed by atoms with van der Waals surface area (Å²) in [6, 6.07) is 0. The van der Waals surface area contributed by atoms with E-state index in [0.717, 1.165) is 0 Å². The lowest BCUT2D eigenvalue weighted by Crippen LogP contribution is -1.89. The first-order chi connectivity index (χ1) is 5.16. The lowest BCUT2D eigenvalue weighted by Gasteiger charge is -2.04. The molecular formula is C7H8ClNO2. The predicted molar refractivity (Wildman–Crippen MR) is 42.2 cm³/mol. The quantitative estimate of drug-likeness (QED) is 0.704. The van der Waals surface area contributed by atoms with Crippen LogP contribution < -0.4 is 4.74 Å². The highest BCUT2D eigenvalue weighted by molar-refractivity contribution is 6.33. The van der Waals surface area contributed by atoms with Crippen molar-refractivity contribution < 1.29 is 9.84 Å². The molecule has 0 atom stereocenters. The molecule has 0 fully saturated rings. The van der Waals surface area contributed by atoms with Crippen molar-refractivity contribution in [3.8, 4) is 11.6 Å². The SMILES string of the molecule is COc1ncc(C)c(O)c1Cl. The van der Waals surface area contributed by atoms with Crippen LogP contribution in [0, 0.1) is 6.92 Å². The Morgan fingerprint density at radius 2 is 2.27 bits per heavy atom. The predicted octanol–water partition coefficient (Wildman–Crippen LogP) is 1.76. The van der Waals surface area contributed by atoms with E-state index in [2.05, 4.69) is 4.98 Å². The highest BCUT2D eigenvalue weighted by Crippen LogP contribution is 2.32. The second-order valence-corrected chi connectivity index (χ2v) is 2.49. The topological polar surface area (TPSA) is 42.4 Å². The smallest absolute Gasteiger partial charge is 0.236 e. The van der Waals surface area contributed by atoms with E-state index in [1.54, 1.807) is 6.92 Å². The normalized spacial score (nSPS) is 9.73. The molecule has 0 aliphatic rings. The number of halogens is 1. The fourth-order valence-electron chi connectivity index (χ4n) is 0.690. The summed E-state index contributed by atoms with van der Waals surface area (Å²) in [5.74, 6) is 0.272. The van der Waals surface area contributed by atoms with Crippen molar-refractivity contribution in [2.24, 2.45) is 0 Å². The molecule has 0 saturated heterocycles. The summed E-state index contributed by atoms with van der Waals surface area (Å²) in [4.78, 5) is 3.84. The van der Waals surface area contributed by atoms with Gasteiger partial charge >= 0.3 is 0 Å². The maximum atomic E-state index is 9.27. The first kappa shape index (κ1) is 8.14. The van der Waals surface area contributed by atoms with Crippen molar-refractivity contribution in [3.05, 3.63) is 16.8 Å². The van der Waals surface area contributed by atoms with Gasteiger partial charge in [0.25, 0.3) is 0 Å². The monoisotopic (exact) mass is 173 g/mol. The molecule has 1 aromatic rings. The summed E-state index contributed by atoms with van der Waals surface area (Å²) >= 11 is 5.66. The van der Waals surface area contributed by atoms with Crippen LogP contribution >= 0.6 is 11.6 Å². The zero-order valence-electron chi connectivity index (χ0n) is 6.26. The van der Waals surface area contributed by atoms with Crippen LogP contribution in [-0.4, -0.2) is 17.2 Å². The van der Waals surface area contributed by atoms with Crippen LogP contribution in [0.5, 0.6) is 11.6 Å². The summed E-state index contributed by atoms with van der Waals surface area (Å²) in [6.45, 7) is 1.72. The second-order valence-electron chi connectivity index (χ2n) is 2.11. The standard InChI is InChI=1S/C7H8ClNO2/c1-4-3-9-7(11-2)5(8)6(4)10/h3H,1-2H3,(H,9,10). The van der Waals surface area contributed by atoms with E-state index in [4.69, 9.17) is 16.3 Å². The Morgan fingerprint density at radius 1 is 1.64 bits per heavy atom. The maximum Gasteiger partial charge on any atom is 0.236 e. The molecule has 60 valence electrons. The minimum Gasteiger partial charge on any atom is -0.506 e. The third kappa shape index (κ3) is 1.38. The Balaban J connectivity index is 3.25. The van der Waals surface area contributed by atoms with Gasteiger partial charge in [-0.2, -0.15) is 0 Å². The molecule has 0 spiro atoms. The molecule has 3 nitrogen and oxygen atoms in total. The first-order valence-electron chi connectivity index (χ1n) is 3.05. The van der Waals surface area contributed by atoms with Crippen LogP contribution in [0.2, 0.25) is 5.02 Å². The third-order valence-electron chi connectivity index (χ3n) is 1.34. The highest BCUT2D eigenvalue weighted by atomic mass is 35.5. The third-order valence-corrected chi connectivity index (χ3v) is 1.68. The average molecular weight is 174 g/mol. The van der Waals surface area contributed by atoms with Gasteiger partial charge in [-0.1, -0.05) is 11.6 Å². The molecule has 11 heavy (non-hydrogen) atoms. The van der Waals surface area contributed by atoms with Crippen LogP contribution in [0.15, 0.2) is 6.20 Å². The van der Waals surface area contributed by atoms with Gasteiger partial charge in [0.2, 0.25) is 5.88 Å². The number of aromatic nitrogens is 1. The number of aromatic hydroxyl groups is 1. The van der Waals surface area contributed by atoms with Crippen LogP contribution in [0.4, 0.5) is 0 Å². The number of ether oxygens (including phenoxy) is 1. The van der Waals surface area contributed by atoms with Gasteiger partial charge in [0.05, 0.1) is 7.11 Å². The molecule has 0 bridgehead atoms. The van der Waals surface area contributed by atoms with E-state index >= 15 is 0 Å². The van der Waals surface area contributed by atoms with Crippen molar-refractivity contribution in [3.63, 3.8) is 0 Å². The van der Waals surface area contributed by atoms with Gasteiger partial charge in [0.1, 0.15) is 10.8 Å². The Kier molecular flexibility index (Phi) is 2.19. The summed E-state index contributed by atoms with van der Waals surface area (Å²) in [5.41, 5.74) is 0.635. The zero-order chi connectivity index (χ0) is 8.43. The number of aryl methyl sites for hydroxylation is 1. The number of rotatable bonds is 1. The average Bonchev–Trinajstić information content (AvgIpc) is 2.01. The largest absolute Gasteiger partial charge is 0.506 e. The lowest BCUT2D eigenvalue weighted by molar-refractivity contribution is 0.390. The summed E-state index contributed by atoms with van der Waals surface area (Å²) in [5, 5.41) is 9.43. The van der Waals surface area contributed by atoms with Gasteiger partial charge in [-0.3, -0.25) is 0 Å². The van der Waals surface area contributed by atoms with E-state index in [9.17, 15) is 5.11 Å². The highest BCUT2D eigenvalue weighted by Gasteiger charge is 2.08. The molecule has 1 aromatic heterocycles. The molecule has 0 amide bonds. The van der Waals surface area contributed by atoms with E-state index < -0.39 is 0 Å². The van der Waals surface area contributed by atoms with Crippen molar-refractivity contribution >= 4 is 11.6 Å². The van der Waals surface area contributed by atoms with Gasteiger partial charge in [-0.05, 0) is 6.92 Å². The number of pyridine rings is 1. The van der Waals surface area contributed by atoms with Gasteiger partial charge in [-0.25, -0.2) is 4.98 Å². The van der Waals surface area contributed by atoms with Gasteiger partial charge in [0, 0.05) is 11.8 Å². The Morgan fingerprint density at radius 3 is 2.82 bits per heavy atom. The van der Waals surface area contributed by atoms with Crippen LogP contribution in [-0.2, 0) is 0 Å². The van der Waals surface area contributed by atoms with Crippen molar-refractivity contribution in [2.75, 3.05) is 7.11 Å². The molecule has 0 saturated carbocycles. The van der Waals surface area contributed by atoms with E-state index in [1.807, 2.05) is 0 Å². The molecule has 1 N–H and O–H groups in total. The lowest BCUT2D eigenvalue weighted by atomic mass is 10.3. The number of methoxy groups -OCH3 is 1. The second kappa shape index (κ2) is 2.96. The van der Waals surface area contributed by atoms with Gasteiger partial charge < -0.3 is 9.84 Å². The van der Waals surface area contributed by atoms with Crippen molar-refractivity contribution in [2.45, 2.75) is 6.92 Å². The molecule has 0 radical (unpaired) electrons. The molecule has 1 heterocycles.